The van der Waals surface area contributed by atoms with E-state index in [9.17, 15) is 43.2 Å². The molecule has 4 aliphatic rings. The number of benzene rings is 3. The lowest BCUT2D eigenvalue weighted by molar-refractivity contribution is -0.155. The molecular formula is C54H68N8O11. The molecule has 4 fully saturated rings. The summed E-state index contributed by atoms with van der Waals surface area (Å²) in [7, 11) is 0. The van der Waals surface area contributed by atoms with Gasteiger partial charge in [0.1, 0.15) is 55.0 Å². The molecule has 6 atom stereocenters. The highest BCUT2D eigenvalue weighted by Gasteiger charge is 2.44. The van der Waals surface area contributed by atoms with Crippen LogP contribution in [0.2, 0.25) is 0 Å². The van der Waals surface area contributed by atoms with E-state index in [0.29, 0.717) is 64.5 Å². The summed E-state index contributed by atoms with van der Waals surface area (Å²) in [4.78, 5) is 129. The fourth-order valence-corrected chi connectivity index (χ4v) is 10.1. The minimum atomic E-state index is -1.13. The summed E-state index contributed by atoms with van der Waals surface area (Å²) in [5.41, 5.74) is 1.59. The molecule has 390 valence electrons. The van der Waals surface area contributed by atoms with Gasteiger partial charge in [-0.15, -0.1) is 0 Å². The summed E-state index contributed by atoms with van der Waals surface area (Å²) >= 11 is 0. The number of hydrogen-bond donors (Lipinski definition) is 4. The van der Waals surface area contributed by atoms with Gasteiger partial charge in [-0.1, -0.05) is 91.0 Å². The van der Waals surface area contributed by atoms with Gasteiger partial charge in [0.25, 0.3) is 0 Å². The molecule has 0 aliphatic carbocycles. The largest absolute Gasteiger partial charge is 0.459 e. The predicted molar refractivity (Wildman–Crippen MR) is 267 cm³/mol. The number of ether oxygens (including phenoxy) is 2. The number of nitrogens with one attached hydrogen (secondary N) is 4. The maximum absolute atomic E-state index is 14.8. The molecule has 0 unspecified atom stereocenters. The van der Waals surface area contributed by atoms with E-state index >= 15 is 0 Å². The van der Waals surface area contributed by atoms with E-state index in [-0.39, 0.29) is 39.1 Å². The Labute approximate surface area is 426 Å². The molecule has 73 heavy (non-hydrogen) atoms. The second-order valence-corrected chi connectivity index (χ2v) is 20.0. The molecule has 19 heteroatoms. The number of esters is 1. The Morgan fingerprint density at radius 1 is 0.507 bits per heavy atom. The van der Waals surface area contributed by atoms with Crippen LogP contribution in [0.1, 0.15) is 88.8 Å². The Kier molecular flexibility index (Phi) is 18.2. The number of rotatable bonds is 18. The van der Waals surface area contributed by atoms with Crippen molar-refractivity contribution in [3.8, 4) is 0 Å². The number of hydrogen-bond acceptors (Lipinski definition) is 11. The first-order valence-corrected chi connectivity index (χ1v) is 25.4. The van der Waals surface area contributed by atoms with Gasteiger partial charge in [-0.3, -0.25) is 33.6 Å². The number of alkyl carbamates (subject to hydrolysis) is 1. The first-order valence-electron chi connectivity index (χ1n) is 25.4. The molecule has 7 rings (SSSR count). The molecule has 0 aromatic heterocycles. The van der Waals surface area contributed by atoms with E-state index in [1.54, 1.807) is 20.8 Å². The zero-order valence-corrected chi connectivity index (χ0v) is 41.9. The molecule has 0 saturated carbocycles. The number of amides is 8. The van der Waals surface area contributed by atoms with Crippen molar-refractivity contribution in [1.29, 1.82) is 0 Å². The third-order valence-corrected chi connectivity index (χ3v) is 13.6. The van der Waals surface area contributed by atoms with Gasteiger partial charge < -0.3 is 50.3 Å². The minimum absolute atomic E-state index is 0.0574. The molecule has 0 radical (unpaired) electrons. The second-order valence-electron chi connectivity index (χ2n) is 20.0. The van der Waals surface area contributed by atoms with E-state index in [1.807, 2.05) is 91.0 Å². The van der Waals surface area contributed by atoms with Gasteiger partial charge in [0.15, 0.2) is 0 Å². The summed E-state index contributed by atoms with van der Waals surface area (Å²) < 4.78 is 10.9. The second kappa shape index (κ2) is 24.9. The van der Waals surface area contributed by atoms with Crippen LogP contribution in [0.15, 0.2) is 91.0 Å². The van der Waals surface area contributed by atoms with E-state index < -0.39 is 102 Å². The van der Waals surface area contributed by atoms with Crippen molar-refractivity contribution >= 4 is 53.4 Å². The topological polar surface area (TPSA) is 233 Å². The van der Waals surface area contributed by atoms with Crippen LogP contribution >= 0.6 is 0 Å². The number of carbonyl (C=O) groups is 9. The van der Waals surface area contributed by atoms with Crippen LogP contribution in [-0.2, 0) is 67.3 Å². The third kappa shape index (κ3) is 14.4. The van der Waals surface area contributed by atoms with E-state index in [4.69, 9.17) is 9.47 Å². The highest BCUT2D eigenvalue weighted by atomic mass is 16.6. The smallest absolute Gasteiger partial charge is 0.408 e. The predicted octanol–water partition coefficient (Wildman–Crippen LogP) is 2.79. The number of carbonyl (C=O) groups excluding carboxylic acids is 9. The van der Waals surface area contributed by atoms with Gasteiger partial charge in [-0.05, 0) is 88.8 Å². The van der Waals surface area contributed by atoms with E-state index in [2.05, 4.69) is 21.3 Å². The molecule has 19 nitrogen and oxygen atoms in total. The molecule has 8 amide bonds. The molecule has 3 aromatic carbocycles. The van der Waals surface area contributed by atoms with Crippen molar-refractivity contribution in [2.45, 2.75) is 133 Å². The zero-order valence-electron chi connectivity index (χ0n) is 41.9. The minimum Gasteiger partial charge on any atom is -0.459 e. The van der Waals surface area contributed by atoms with Gasteiger partial charge in [-0.25, -0.2) is 9.59 Å². The summed E-state index contributed by atoms with van der Waals surface area (Å²) in [6, 6.07) is 21.8. The molecule has 4 saturated heterocycles. The van der Waals surface area contributed by atoms with Crippen molar-refractivity contribution < 1.29 is 52.6 Å². The summed E-state index contributed by atoms with van der Waals surface area (Å²) in [6.45, 7) is 5.40. The van der Waals surface area contributed by atoms with Crippen LogP contribution in [0.3, 0.4) is 0 Å². The molecular weight excluding hydrogens is 937 g/mol. The number of nitrogens with zero attached hydrogens (tertiary/aromatic N) is 4. The lowest BCUT2D eigenvalue weighted by Crippen LogP contribution is -2.59. The maximum atomic E-state index is 14.8. The van der Waals surface area contributed by atoms with Gasteiger partial charge in [0, 0.05) is 39.0 Å². The summed E-state index contributed by atoms with van der Waals surface area (Å²) in [5, 5.41) is 11.0. The number of likely N-dealkylation sites (tertiary alicyclic amines) is 4. The summed E-state index contributed by atoms with van der Waals surface area (Å²) in [6.07, 6.45) is 2.95. The fraction of sp³-hybridized carbons (Fsp3) is 0.500. The average Bonchev–Trinajstić information content (AvgIpc) is 4.24. The van der Waals surface area contributed by atoms with Gasteiger partial charge in [-0.2, -0.15) is 0 Å². The van der Waals surface area contributed by atoms with Crippen LogP contribution in [0.25, 0.3) is 0 Å². The third-order valence-electron chi connectivity index (χ3n) is 13.6. The SMILES string of the molecule is CC(C)(C)OC(=O)NCC(=O)N1CCC[C@H]1C(=O)NCC(=O)N1CCC[C@H]1C(=O)N[C@@H](Cc1ccccc1)C(=O)N1CCC[C@H]1C(=O)N[C@@H](Cc1ccccc1)C(=O)N1CCC[C@H]1C(=O)OCc1ccccc1. The van der Waals surface area contributed by atoms with Crippen LogP contribution in [0.4, 0.5) is 4.79 Å². The van der Waals surface area contributed by atoms with Gasteiger partial charge in [0.05, 0.1) is 6.54 Å². The quantitative estimate of drug-likeness (QED) is 0.135. The Balaban J connectivity index is 0.993. The average molecular weight is 1010 g/mol. The Hall–Kier alpha value is -7.31. The van der Waals surface area contributed by atoms with E-state index in [0.717, 1.165) is 16.7 Å². The lowest BCUT2D eigenvalue weighted by atomic mass is 10.0. The van der Waals surface area contributed by atoms with Crippen molar-refractivity contribution in [3.63, 3.8) is 0 Å². The van der Waals surface area contributed by atoms with Crippen LogP contribution in [0, 0.1) is 0 Å². The lowest BCUT2D eigenvalue weighted by Gasteiger charge is -2.32. The fourth-order valence-electron chi connectivity index (χ4n) is 10.1. The molecule has 4 heterocycles. The normalized spacial score (nSPS) is 20.4. The standard InChI is InChI=1S/C54H68N8O11/c1-54(2,3)73-53(71)56-34-46(64)59-27-13-23-41(59)47(65)55-33-45(63)60-28-14-24-42(60)48(66)57-39(31-36-17-7-4-8-18-36)50(68)61-29-15-25-43(61)49(67)58-40(32-37-19-9-5-10-20-37)51(69)62-30-16-26-44(62)52(70)72-35-38-21-11-6-12-22-38/h4-12,17-22,39-44H,13-16,23-35H2,1-3H3,(H,55,65)(H,56,71)(H,57,66)(H,58,67)/t39-,40-,41-,42-,43-,44-/m0/s1. The molecule has 0 spiro atoms. The Morgan fingerprint density at radius 2 is 0.890 bits per heavy atom. The zero-order chi connectivity index (χ0) is 52.1. The van der Waals surface area contributed by atoms with Crippen LogP contribution in [-0.4, -0.2) is 154 Å². The first-order chi connectivity index (χ1) is 35.1. The van der Waals surface area contributed by atoms with Gasteiger partial charge >= 0.3 is 12.1 Å². The highest BCUT2D eigenvalue weighted by molar-refractivity contribution is 5.98. The molecule has 3 aromatic rings. The first kappa shape index (κ1) is 53.5. The monoisotopic (exact) mass is 1000 g/mol. The van der Waals surface area contributed by atoms with Crippen LogP contribution in [0.5, 0.6) is 0 Å². The highest BCUT2D eigenvalue weighted by Crippen LogP contribution is 2.25. The van der Waals surface area contributed by atoms with Crippen molar-refractivity contribution in [3.05, 3.63) is 108 Å². The van der Waals surface area contributed by atoms with E-state index in [1.165, 1.54) is 19.6 Å². The van der Waals surface area contributed by atoms with Crippen LogP contribution < -0.4 is 21.3 Å². The van der Waals surface area contributed by atoms with Crippen molar-refractivity contribution in [2.24, 2.45) is 0 Å². The van der Waals surface area contributed by atoms with Gasteiger partial charge in [0.2, 0.25) is 41.4 Å². The maximum Gasteiger partial charge on any atom is 0.408 e. The Morgan fingerprint density at radius 3 is 1.36 bits per heavy atom. The molecule has 0 bridgehead atoms. The van der Waals surface area contributed by atoms with Crippen molar-refractivity contribution in [1.82, 2.24) is 40.9 Å². The van der Waals surface area contributed by atoms with Crippen molar-refractivity contribution in [2.75, 3.05) is 39.3 Å². The Bertz CT molecular complexity index is 2450. The molecule has 4 N–H and O–H groups in total. The molecule has 4 aliphatic heterocycles. The summed E-state index contributed by atoms with van der Waals surface area (Å²) in [5.74, 6) is -4.08.